The Morgan fingerprint density at radius 3 is 2.45 bits per heavy atom. The van der Waals surface area contributed by atoms with Crippen molar-refractivity contribution in [1.29, 1.82) is 5.26 Å². The first kappa shape index (κ1) is 15.6. The minimum Gasteiger partial charge on any atom is -0.311 e. The first-order chi connectivity index (χ1) is 10.3. The second-order valence-electron chi connectivity index (χ2n) is 4.57. The summed E-state index contributed by atoms with van der Waals surface area (Å²) < 4.78 is 38.9. The van der Waals surface area contributed by atoms with Crippen molar-refractivity contribution in [2.24, 2.45) is 0 Å². The lowest BCUT2D eigenvalue weighted by Gasteiger charge is -2.20. The van der Waals surface area contributed by atoms with Crippen LogP contribution in [0.2, 0.25) is 0 Å². The van der Waals surface area contributed by atoms with Crippen molar-refractivity contribution in [3.63, 3.8) is 0 Å². The van der Waals surface area contributed by atoms with E-state index in [0.717, 1.165) is 17.0 Å². The lowest BCUT2D eigenvalue weighted by Crippen LogP contribution is -2.28. The van der Waals surface area contributed by atoms with Crippen LogP contribution < -0.4 is 4.90 Å². The van der Waals surface area contributed by atoms with Crippen molar-refractivity contribution < 1.29 is 18.0 Å². The van der Waals surface area contributed by atoms with Gasteiger partial charge in [-0.3, -0.25) is 4.79 Å². The number of benzene rings is 2. The molecule has 2 rings (SSSR count). The molecule has 22 heavy (non-hydrogen) atoms. The highest BCUT2D eigenvalue weighted by atomic mass is 19.4. The van der Waals surface area contributed by atoms with E-state index < -0.39 is 23.2 Å². The van der Waals surface area contributed by atoms with E-state index in [9.17, 15) is 18.0 Å². The Morgan fingerprint density at radius 2 is 1.82 bits per heavy atom. The zero-order valence-electron chi connectivity index (χ0n) is 11.6. The van der Waals surface area contributed by atoms with E-state index >= 15 is 0 Å². The molecule has 3 nitrogen and oxygen atoms in total. The van der Waals surface area contributed by atoms with Crippen LogP contribution >= 0.6 is 0 Å². The van der Waals surface area contributed by atoms with Crippen LogP contribution in [-0.4, -0.2) is 13.0 Å². The molecule has 0 bridgehead atoms. The molecule has 0 aliphatic rings. The van der Waals surface area contributed by atoms with Crippen LogP contribution in [0.5, 0.6) is 0 Å². The summed E-state index contributed by atoms with van der Waals surface area (Å²) in [6, 6.07) is 12.6. The third-order valence-electron chi connectivity index (χ3n) is 3.13. The van der Waals surface area contributed by atoms with Gasteiger partial charge in [-0.1, -0.05) is 18.2 Å². The molecule has 2 aromatic carbocycles. The Bertz CT molecular complexity index is 748. The number of hydrogen-bond donors (Lipinski definition) is 0. The van der Waals surface area contributed by atoms with Gasteiger partial charge in [-0.05, 0) is 30.3 Å². The zero-order valence-corrected chi connectivity index (χ0v) is 11.6. The van der Waals surface area contributed by atoms with Gasteiger partial charge in [0.2, 0.25) is 0 Å². The molecule has 0 heterocycles. The summed E-state index contributed by atoms with van der Waals surface area (Å²) in [7, 11) is 1.37. The molecule has 0 radical (unpaired) electrons. The van der Waals surface area contributed by atoms with Crippen LogP contribution in [-0.2, 0) is 6.18 Å². The van der Waals surface area contributed by atoms with Gasteiger partial charge >= 0.3 is 6.18 Å². The molecule has 1 amide bonds. The highest BCUT2D eigenvalue weighted by Crippen LogP contribution is 2.32. The van der Waals surface area contributed by atoms with Crippen LogP contribution in [0.4, 0.5) is 18.9 Å². The largest absolute Gasteiger partial charge is 0.417 e. The normalized spacial score (nSPS) is 10.9. The number of amides is 1. The summed E-state index contributed by atoms with van der Waals surface area (Å²) in [4.78, 5) is 13.4. The van der Waals surface area contributed by atoms with Gasteiger partial charge < -0.3 is 4.90 Å². The minimum atomic E-state index is -4.61. The van der Waals surface area contributed by atoms with Gasteiger partial charge in [0.25, 0.3) is 5.91 Å². The van der Waals surface area contributed by atoms with Crippen molar-refractivity contribution in [2.75, 3.05) is 11.9 Å². The van der Waals surface area contributed by atoms with Crippen molar-refractivity contribution in [1.82, 2.24) is 0 Å². The Morgan fingerprint density at radius 1 is 1.14 bits per heavy atom. The van der Waals surface area contributed by atoms with Gasteiger partial charge in [-0.25, -0.2) is 0 Å². The van der Waals surface area contributed by atoms with E-state index in [1.165, 1.54) is 25.2 Å². The highest BCUT2D eigenvalue weighted by molar-refractivity contribution is 6.06. The number of anilines is 1. The van der Waals surface area contributed by atoms with Crippen LogP contribution in [0, 0.1) is 11.3 Å². The SMILES string of the molecule is CN(C(=O)c1ccccc1C(F)(F)F)c1cccc(C#N)c1. The van der Waals surface area contributed by atoms with Crippen molar-refractivity contribution in [3.05, 3.63) is 65.2 Å². The van der Waals surface area contributed by atoms with Gasteiger partial charge in [0, 0.05) is 12.7 Å². The summed E-state index contributed by atoms with van der Waals surface area (Å²) in [6.07, 6.45) is -4.61. The van der Waals surface area contributed by atoms with Gasteiger partial charge in [0.15, 0.2) is 0 Å². The highest BCUT2D eigenvalue weighted by Gasteiger charge is 2.35. The maximum atomic E-state index is 13.0. The lowest BCUT2D eigenvalue weighted by molar-refractivity contribution is -0.137. The average Bonchev–Trinajstić information content (AvgIpc) is 2.52. The standard InChI is InChI=1S/C16H11F3N2O/c1-21(12-6-4-5-11(9-12)10-20)15(22)13-7-2-3-8-14(13)16(17,18)19/h2-9H,1H3. The average molecular weight is 304 g/mol. The smallest absolute Gasteiger partial charge is 0.311 e. The minimum absolute atomic E-state index is 0.321. The van der Waals surface area contributed by atoms with Crippen molar-refractivity contribution >= 4 is 11.6 Å². The van der Waals surface area contributed by atoms with Gasteiger partial charge in [-0.15, -0.1) is 0 Å². The predicted molar refractivity (Wildman–Crippen MR) is 75.3 cm³/mol. The molecule has 0 unspecified atom stereocenters. The summed E-state index contributed by atoms with van der Waals surface area (Å²) in [5, 5.41) is 8.85. The van der Waals surface area contributed by atoms with Gasteiger partial charge in [-0.2, -0.15) is 18.4 Å². The molecule has 0 aliphatic heterocycles. The van der Waals surface area contributed by atoms with E-state index in [0.29, 0.717) is 11.3 Å². The number of carbonyl (C=O) groups is 1. The molecule has 6 heteroatoms. The van der Waals surface area contributed by atoms with E-state index in [1.807, 2.05) is 6.07 Å². The van der Waals surface area contributed by atoms with E-state index in [1.54, 1.807) is 18.2 Å². The number of rotatable bonds is 2. The molecule has 0 spiro atoms. The first-order valence-corrected chi connectivity index (χ1v) is 6.29. The molecule has 0 aromatic heterocycles. The van der Waals surface area contributed by atoms with E-state index in [4.69, 9.17) is 5.26 Å². The predicted octanol–water partition coefficient (Wildman–Crippen LogP) is 3.85. The fourth-order valence-electron chi connectivity index (χ4n) is 2.00. The molecule has 2 aromatic rings. The molecule has 0 saturated heterocycles. The molecular weight excluding hydrogens is 293 g/mol. The van der Waals surface area contributed by atoms with E-state index in [-0.39, 0.29) is 0 Å². The lowest BCUT2D eigenvalue weighted by atomic mass is 10.1. The molecule has 0 N–H and O–H groups in total. The topological polar surface area (TPSA) is 44.1 Å². The number of nitriles is 1. The van der Waals surface area contributed by atoms with Crippen LogP contribution in [0.1, 0.15) is 21.5 Å². The summed E-state index contributed by atoms with van der Waals surface area (Å²) in [6.45, 7) is 0. The van der Waals surface area contributed by atoms with E-state index in [2.05, 4.69) is 0 Å². The molecular formula is C16H11F3N2O. The number of nitrogens with zero attached hydrogens (tertiary/aromatic N) is 2. The molecule has 0 atom stereocenters. The fraction of sp³-hybridized carbons (Fsp3) is 0.125. The number of halogens is 3. The zero-order chi connectivity index (χ0) is 16.3. The van der Waals surface area contributed by atoms with Crippen LogP contribution in [0.25, 0.3) is 0 Å². The maximum absolute atomic E-state index is 13.0. The van der Waals surface area contributed by atoms with Crippen LogP contribution in [0.15, 0.2) is 48.5 Å². The second kappa shape index (κ2) is 5.90. The van der Waals surface area contributed by atoms with Gasteiger partial charge in [0.1, 0.15) is 0 Å². The Labute approximate surface area is 125 Å². The third-order valence-corrected chi connectivity index (χ3v) is 3.13. The Hall–Kier alpha value is -2.81. The quantitative estimate of drug-likeness (QED) is 0.845. The second-order valence-corrected chi connectivity index (χ2v) is 4.57. The van der Waals surface area contributed by atoms with Crippen molar-refractivity contribution in [2.45, 2.75) is 6.18 Å². The van der Waals surface area contributed by atoms with Crippen LogP contribution in [0.3, 0.4) is 0 Å². The maximum Gasteiger partial charge on any atom is 0.417 e. The molecule has 0 saturated carbocycles. The summed E-state index contributed by atoms with van der Waals surface area (Å²) in [5.74, 6) is -0.789. The molecule has 0 fully saturated rings. The summed E-state index contributed by atoms with van der Waals surface area (Å²) >= 11 is 0. The third kappa shape index (κ3) is 3.09. The van der Waals surface area contributed by atoms with Gasteiger partial charge in [0.05, 0.1) is 22.8 Å². The Kier molecular flexibility index (Phi) is 4.18. The fourth-order valence-corrected chi connectivity index (χ4v) is 2.00. The monoisotopic (exact) mass is 304 g/mol. The number of carbonyl (C=O) groups excluding carboxylic acids is 1. The number of alkyl halides is 3. The number of hydrogen-bond acceptors (Lipinski definition) is 2. The molecule has 112 valence electrons. The molecule has 0 aliphatic carbocycles. The van der Waals surface area contributed by atoms with Crippen molar-refractivity contribution in [3.8, 4) is 6.07 Å². The first-order valence-electron chi connectivity index (χ1n) is 6.29. The Balaban J connectivity index is 2.42. The summed E-state index contributed by atoms with van der Waals surface area (Å²) in [5.41, 5.74) is -0.745.